The molecule has 3 rings (SSSR count). The first-order chi connectivity index (χ1) is 11.2. The van der Waals surface area contributed by atoms with E-state index in [2.05, 4.69) is 32.4 Å². The summed E-state index contributed by atoms with van der Waals surface area (Å²) in [7, 11) is 0. The maximum absolute atomic E-state index is 12.1. The molecule has 0 spiro atoms. The number of aromatic nitrogens is 2. The van der Waals surface area contributed by atoms with E-state index in [9.17, 15) is 4.79 Å². The lowest BCUT2D eigenvalue weighted by Crippen LogP contribution is -2.35. The second kappa shape index (κ2) is 6.84. The standard InChI is InChI=1S/C16H15BrN4O2/c17-13-8-12(4-3-11(13)9-18)23-10-16(22)20-14-2-1-7-21-15(14)5-6-19-21/h3-6,8,14H,1-2,7,10H2,(H,20,22). The zero-order valence-corrected chi connectivity index (χ0v) is 13.9. The number of rotatable bonds is 4. The fourth-order valence-corrected chi connectivity index (χ4v) is 3.07. The monoisotopic (exact) mass is 374 g/mol. The number of halogens is 1. The van der Waals surface area contributed by atoms with E-state index in [-0.39, 0.29) is 18.6 Å². The molecule has 1 aliphatic rings. The third kappa shape index (κ3) is 3.54. The van der Waals surface area contributed by atoms with E-state index in [1.165, 1.54) is 0 Å². The van der Waals surface area contributed by atoms with Crippen LogP contribution >= 0.6 is 15.9 Å². The number of hydrogen-bond acceptors (Lipinski definition) is 4. The number of nitrogens with zero attached hydrogens (tertiary/aromatic N) is 3. The maximum atomic E-state index is 12.1. The van der Waals surface area contributed by atoms with Gasteiger partial charge in [0.15, 0.2) is 6.61 Å². The van der Waals surface area contributed by atoms with Gasteiger partial charge in [0.25, 0.3) is 5.91 Å². The molecule has 0 bridgehead atoms. The molecule has 2 heterocycles. The van der Waals surface area contributed by atoms with E-state index in [0.29, 0.717) is 15.8 Å². The molecule has 0 saturated carbocycles. The molecular weight excluding hydrogens is 360 g/mol. The molecule has 118 valence electrons. The highest BCUT2D eigenvalue weighted by Gasteiger charge is 2.22. The van der Waals surface area contributed by atoms with Gasteiger partial charge in [0.05, 0.1) is 17.3 Å². The minimum Gasteiger partial charge on any atom is -0.484 e. The second-order valence-electron chi connectivity index (χ2n) is 5.28. The van der Waals surface area contributed by atoms with Crippen LogP contribution in [-0.4, -0.2) is 22.3 Å². The predicted molar refractivity (Wildman–Crippen MR) is 86.7 cm³/mol. The first-order valence-corrected chi connectivity index (χ1v) is 8.10. The number of benzene rings is 1. The molecule has 0 aliphatic carbocycles. The van der Waals surface area contributed by atoms with E-state index in [1.807, 2.05) is 10.7 Å². The number of aryl methyl sites for hydroxylation is 1. The number of carbonyl (C=O) groups is 1. The van der Waals surface area contributed by atoms with Crippen LogP contribution in [0.5, 0.6) is 5.75 Å². The average molecular weight is 375 g/mol. The summed E-state index contributed by atoms with van der Waals surface area (Å²) < 4.78 is 8.06. The molecule has 1 amide bonds. The van der Waals surface area contributed by atoms with Gasteiger partial charge < -0.3 is 10.1 Å². The van der Waals surface area contributed by atoms with Crippen LogP contribution in [0.25, 0.3) is 0 Å². The van der Waals surface area contributed by atoms with Gasteiger partial charge in [-0.15, -0.1) is 0 Å². The summed E-state index contributed by atoms with van der Waals surface area (Å²) in [6.07, 6.45) is 3.65. The summed E-state index contributed by atoms with van der Waals surface area (Å²) in [5, 5.41) is 16.1. The molecule has 1 aromatic heterocycles. The molecule has 1 aliphatic heterocycles. The minimum absolute atomic E-state index is 0.0185. The average Bonchev–Trinajstić information content (AvgIpc) is 3.03. The summed E-state index contributed by atoms with van der Waals surface area (Å²) in [5.74, 6) is 0.366. The Morgan fingerprint density at radius 2 is 2.39 bits per heavy atom. The first-order valence-electron chi connectivity index (χ1n) is 7.31. The van der Waals surface area contributed by atoms with Crippen LogP contribution in [0.1, 0.15) is 30.1 Å². The molecule has 0 radical (unpaired) electrons. The SMILES string of the molecule is N#Cc1ccc(OCC(=O)NC2CCCn3nccc32)cc1Br. The van der Waals surface area contributed by atoms with Gasteiger partial charge in [-0.2, -0.15) is 10.4 Å². The van der Waals surface area contributed by atoms with E-state index in [4.69, 9.17) is 10.00 Å². The molecule has 1 atom stereocenters. The van der Waals surface area contributed by atoms with Gasteiger partial charge >= 0.3 is 0 Å². The topological polar surface area (TPSA) is 79.9 Å². The Morgan fingerprint density at radius 3 is 3.17 bits per heavy atom. The lowest BCUT2D eigenvalue weighted by atomic mass is 10.0. The lowest BCUT2D eigenvalue weighted by molar-refractivity contribution is -0.124. The molecule has 0 fully saturated rings. The number of nitrogens with one attached hydrogen (secondary N) is 1. The minimum atomic E-state index is -0.176. The van der Waals surface area contributed by atoms with Gasteiger partial charge in [0, 0.05) is 17.2 Å². The van der Waals surface area contributed by atoms with Crippen LogP contribution in [0.2, 0.25) is 0 Å². The molecule has 23 heavy (non-hydrogen) atoms. The highest BCUT2D eigenvalue weighted by atomic mass is 79.9. The van der Waals surface area contributed by atoms with Crippen LogP contribution in [0, 0.1) is 11.3 Å². The number of nitriles is 1. The van der Waals surface area contributed by atoms with Crippen LogP contribution in [0.4, 0.5) is 0 Å². The molecule has 1 aromatic carbocycles. The third-order valence-corrected chi connectivity index (χ3v) is 4.39. The van der Waals surface area contributed by atoms with Gasteiger partial charge in [-0.05, 0) is 53.0 Å². The molecule has 1 unspecified atom stereocenters. The Bertz CT molecular complexity index is 766. The van der Waals surface area contributed by atoms with Gasteiger partial charge in [-0.1, -0.05) is 0 Å². The fourth-order valence-electron chi connectivity index (χ4n) is 2.63. The Morgan fingerprint density at radius 1 is 1.52 bits per heavy atom. The van der Waals surface area contributed by atoms with Crippen LogP contribution in [-0.2, 0) is 11.3 Å². The molecule has 2 aromatic rings. The molecule has 1 N–H and O–H groups in total. The predicted octanol–water partition coefficient (Wildman–Crippen LogP) is 2.55. The summed E-state index contributed by atoms with van der Waals surface area (Å²) in [4.78, 5) is 12.1. The number of amides is 1. The van der Waals surface area contributed by atoms with Gasteiger partial charge in [0.2, 0.25) is 0 Å². The van der Waals surface area contributed by atoms with Crippen LogP contribution in [0.3, 0.4) is 0 Å². The van der Waals surface area contributed by atoms with Crippen LogP contribution < -0.4 is 10.1 Å². The van der Waals surface area contributed by atoms with Crippen molar-refractivity contribution in [1.82, 2.24) is 15.1 Å². The molecule has 7 heteroatoms. The summed E-state index contributed by atoms with van der Waals surface area (Å²) in [6, 6.07) is 8.98. The van der Waals surface area contributed by atoms with Gasteiger partial charge in [-0.3, -0.25) is 9.48 Å². The van der Waals surface area contributed by atoms with Crippen molar-refractivity contribution in [2.24, 2.45) is 0 Å². The molecule has 0 saturated heterocycles. The zero-order chi connectivity index (χ0) is 16.2. The Balaban J connectivity index is 1.57. The van der Waals surface area contributed by atoms with Crippen molar-refractivity contribution >= 4 is 21.8 Å². The summed E-state index contributed by atoms with van der Waals surface area (Å²) in [6.45, 7) is 0.827. The lowest BCUT2D eigenvalue weighted by Gasteiger charge is -2.24. The third-order valence-electron chi connectivity index (χ3n) is 3.74. The van der Waals surface area contributed by atoms with Crippen molar-refractivity contribution in [2.45, 2.75) is 25.4 Å². The van der Waals surface area contributed by atoms with Crippen molar-refractivity contribution in [3.05, 3.63) is 46.2 Å². The van der Waals surface area contributed by atoms with Gasteiger partial charge in [0.1, 0.15) is 11.8 Å². The van der Waals surface area contributed by atoms with Gasteiger partial charge in [-0.25, -0.2) is 0 Å². The smallest absolute Gasteiger partial charge is 0.258 e. The summed E-state index contributed by atoms with van der Waals surface area (Å²) in [5.41, 5.74) is 1.56. The van der Waals surface area contributed by atoms with Crippen molar-refractivity contribution in [3.8, 4) is 11.8 Å². The fraction of sp³-hybridized carbons (Fsp3) is 0.312. The van der Waals surface area contributed by atoms with E-state index in [1.54, 1.807) is 24.4 Å². The highest BCUT2D eigenvalue weighted by Crippen LogP contribution is 2.24. The Hall–Kier alpha value is -2.33. The highest BCUT2D eigenvalue weighted by molar-refractivity contribution is 9.10. The van der Waals surface area contributed by atoms with E-state index in [0.717, 1.165) is 25.1 Å². The van der Waals surface area contributed by atoms with Crippen molar-refractivity contribution in [1.29, 1.82) is 5.26 Å². The van der Waals surface area contributed by atoms with Crippen molar-refractivity contribution < 1.29 is 9.53 Å². The largest absolute Gasteiger partial charge is 0.484 e. The number of carbonyl (C=O) groups excluding carboxylic acids is 1. The normalized spacial score (nSPS) is 16.3. The quantitative estimate of drug-likeness (QED) is 0.891. The van der Waals surface area contributed by atoms with E-state index >= 15 is 0 Å². The molecule has 6 nitrogen and oxygen atoms in total. The Kier molecular flexibility index (Phi) is 4.63. The number of hydrogen-bond donors (Lipinski definition) is 1. The summed E-state index contributed by atoms with van der Waals surface area (Å²) >= 11 is 3.29. The second-order valence-corrected chi connectivity index (χ2v) is 6.14. The zero-order valence-electron chi connectivity index (χ0n) is 12.3. The maximum Gasteiger partial charge on any atom is 0.258 e. The van der Waals surface area contributed by atoms with Crippen LogP contribution in [0.15, 0.2) is 34.9 Å². The molecular formula is C16H15BrN4O2. The number of fused-ring (bicyclic) bond motifs is 1. The first kappa shape index (κ1) is 15.6. The Labute approximate surface area is 142 Å². The number of ether oxygens (including phenoxy) is 1. The van der Waals surface area contributed by atoms with E-state index < -0.39 is 0 Å². The van der Waals surface area contributed by atoms with Crippen molar-refractivity contribution in [3.63, 3.8) is 0 Å². The van der Waals surface area contributed by atoms with Crippen molar-refractivity contribution in [2.75, 3.05) is 6.61 Å².